The van der Waals surface area contributed by atoms with Gasteiger partial charge < -0.3 is 26.0 Å². The molecule has 0 radical (unpaired) electrons. The average molecular weight is 255 g/mol. The lowest BCUT2D eigenvalue weighted by molar-refractivity contribution is -0.137. The Bertz CT molecular complexity index is 417. The van der Waals surface area contributed by atoms with Gasteiger partial charge in [0.25, 0.3) is 0 Å². The van der Waals surface area contributed by atoms with Crippen LogP contribution in [0.15, 0.2) is 12.4 Å². The number of hydrogen-bond donors (Lipinski definition) is 5. The molecule has 9 heteroatoms. The first-order valence-electron chi connectivity index (χ1n) is 5.06. The predicted molar refractivity (Wildman–Crippen MR) is 59.5 cm³/mol. The molecule has 0 aliphatic rings. The standard InChI is InChI=1S/C9H13N5O4/c15-7(12-5-8(16)17)4-14-9(18)13-3-6-10-1-2-11-6/h1-2H,3-5H2,(H,10,11)(H,12,15)(H,16,17)(H2,13,14,18). The van der Waals surface area contributed by atoms with E-state index in [1.807, 2.05) is 0 Å². The summed E-state index contributed by atoms with van der Waals surface area (Å²) in [5.41, 5.74) is 0. The van der Waals surface area contributed by atoms with Crippen molar-refractivity contribution in [3.05, 3.63) is 18.2 Å². The zero-order valence-electron chi connectivity index (χ0n) is 9.40. The number of nitrogens with one attached hydrogen (secondary N) is 4. The maximum absolute atomic E-state index is 11.2. The first-order chi connectivity index (χ1) is 8.58. The molecule has 18 heavy (non-hydrogen) atoms. The van der Waals surface area contributed by atoms with E-state index in [2.05, 4.69) is 25.9 Å². The van der Waals surface area contributed by atoms with Crippen LogP contribution >= 0.6 is 0 Å². The van der Waals surface area contributed by atoms with Crippen LogP contribution in [0.2, 0.25) is 0 Å². The fourth-order valence-corrected chi connectivity index (χ4v) is 1.02. The molecule has 0 unspecified atom stereocenters. The molecule has 1 aromatic rings. The van der Waals surface area contributed by atoms with E-state index in [9.17, 15) is 14.4 Å². The second kappa shape index (κ2) is 6.89. The predicted octanol–water partition coefficient (Wildman–Crippen LogP) is -1.59. The number of carbonyl (C=O) groups excluding carboxylic acids is 2. The summed E-state index contributed by atoms with van der Waals surface area (Å²) in [5, 5.41) is 15.1. The third-order valence-corrected chi connectivity index (χ3v) is 1.82. The molecule has 0 fully saturated rings. The van der Waals surface area contributed by atoms with E-state index in [1.54, 1.807) is 12.4 Å². The Hall–Kier alpha value is -2.58. The largest absolute Gasteiger partial charge is 0.480 e. The zero-order valence-corrected chi connectivity index (χ0v) is 9.40. The Morgan fingerprint density at radius 2 is 2.00 bits per heavy atom. The van der Waals surface area contributed by atoms with E-state index < -0.39 is 24.5 Å². The summed E-state index contributed by atoms with van der Waals surface area (Å²) in [5.74, 6) is -1.14. The van der Waals surface area contributed by atoms with E-state index in [0.717, 1.165) is 0 Å². The molecular formula is C9H13N5O4. The van der Waals surface area contributed by atoms with Crippen LogP contribution in [0, 0.1) is 0 Å². The summed E-state index contributed by atoms with van der Waals surface area (Å²) in [6, 6.07) is -0.545. The molecule has 0 saturated heterocycles. The Kier molecular flexibility index (Phi) is 5.16. The molecule has 9 nitrogen and oxygen atoms in total. The number of hydrogen-bond acceptors (Lipinski definition) is 4. The number of carbonyl (C=O) groups is 3. The molecule has 3 amide bonds. The molecular weight excluding hydrogens is 242 g/mol. The molecule has 0 atom stereocenters. The van der Waals surface area contributed by atoms with Crippen LogP contribution in [-0.2, 0) is 16.1 Å². The summed E-state index contributed by atoms with van der Waals surface area (Å²) in [4.78, 5) is 39.1. The van der Waals surface area contributed by atoms with Gasteiger partial charge in [-0.2, -0.15) is 0 Å². The van der Waals surface area contributed by atoms with E-state index in [-0.39, 0.29) is 13.1 Å². The van der Waals surface area contributed by atoms with E-state index in [4.69, 9.17) is 5.11 Å². The normalized spacial score (nSPS) is 9.56. The molecule has 0 aliphatic heterocycles. The number of H-pyrrole nitrogens is 1. The minimum Gasteiger partial charge on any atom is -0.480 e. The van der Waals surface area contributed by atoms with Crippen LogP contribution in [0.3, 0.4) is 0 Å². The molecule has 1 heterocycles. The van der Waals surface area contributed by atoms with Crippen molar-refractivity contribution < 1.29 is 19.5 Å². The minimum atomic E-state index is -1.15. The number of urea groups is 1. The smallest absolute Gasteiger partial charge is 0.322 e. The zero-order chi connectivity index (χ0) is 13.4. The van der Waals surface area contributed by atoms with Crippen molar-refractivity contribution in [2.45, 2.75) is 6.54 Å². The lowest BCUT2D eigenvalue weighted by Crippen LogP contribution is -2.42. The summed E-state index contributed by atoms with van der Waals surface area (Å²) >= 11 is 0. The van der Waals surface area contributed by atoms with E-state index in [0.29, 0.717) is 5.82 Å². The molecule has 0 saturated carbocycles. The van der Waals surface area contributed by atoms with Crippen molar-refractivity contribution in [3.63, 3.8) is 0 Å². The number of nitrogens with zero attached hydrogens (tertiary/aromatic N) is 1. The molecule has 1 rings (SSSR count). The SMILES string of the molecule is O=C(O)CNC(=O)CNC(=O)NCc1ncc[nH]1. The van der Waals surface area contributed by atoms with Gasteiger partial charge in [0.1, 0.15) is 12.4 Å². The van der Waals surface area contributed by atoms with Gasteiger partial charge in [0.2, 0.25) is 5.91 Å². The number of amides is 3. The van der Waals surface area contributed by atoms with Gasteiger partial charge >= 0.3 is 12.0 Å². The lowest BCUT2D eigenvalue weighted by Gasteiger charge is -2.06. The number of aromatic amines is 1. The number of rotatable bonds is 6. The van der Waals surface area contributed by atoms with Crippen LogP contribution in [0.1, 0.15) is 5.82 Å². The summed E-state index contributed by atoms with van der Waals surface area (Å²) < 4.78 is 0. The van der Waals surface area contributed by atoms with Gasteiger partial charge in [-0.15, -0.1) is 0 Å². The molecule has 0 aliphatic carbocycles. The molecule has 0 bridgehead atoms. The first-order valence-corrected chi connectivity index (χ1v) is 5.06. The van der Waals surface area contributed by atoms with E-state index >= 15 is 0 Å². The topological polar surface area (TPSA) is 136 Å². The maximum Gasteiger partial charge on any atom is 0.322 e. The van der Waals surface area contributed by atoms with Gasteiger partial charge in [-0.3, -0.25) is 9.59 Å². The van der Waals surface area contributed by atoms with Crippen molar-refractivity contribution in [2.75, 3.05) is 13.1 Å². The highest BCUT2D eigenvalue weighted by molar-refractivity contribution is 5.86. The van der Waals surface area contributed by atoms with Crippen molar-refractivity contribution in [2.24, 2.45) is 0 Å². The number of carboxylic acid groups (broad SMARTS) is 1. The highest BCUT2D eigenvalue weighted by Crippen LogP contribution is 1.85. The van der Waals surface area contributed by atoms with E-state index in [1.165, 1.54) is 0 Å². The second-order valence-electron chi connectivity index (χ2n) is 3.24. The van der Waals surface area contributed by atoms with Gasteiger partial charge in [-0.25, -0.2) is 9.78 Å². The van der Waals surface area contributed by atoms with Gasteiger partial charge in [0.15, 0.2) is 0 Å². The summed E-state index contributed by atoms with van der Waals surface area (Å²) in [6.07, 6.45) is 3.17. The number of aliphatic carboxylic acids is 1. The molecule has 5 N–H and O–H groups in total. The lowest BCUT2D eigenvalue weighted by atomic mass is 10.5. The fraction of sp³-hybridized carbons (Fsp3) is 0.333. The van der Waals surface area contributed by atoms with Gasteiger partial charge in [-0.1, -0.05) is 0 Å². The average Bonchev–Trinajstić information content (AvgIpc) is 2.84. The van der Waals surface area contributed by atoms with Crippen LogP contribution in [0.5, 0.6) is 0 Å². The number of imidazole rings is 1. The third-order valence-electron chi connectivity index (χ3n) is 1.82. The first kappa shape index (κ1) is 13.5. The molecule has 1 aromatic heterocycles. The van der Waals surface area contributed by atoms with Gasteiger partial charge in [0, 0.05) is 12.4 Å². The van der Waals surface area contributed by atoms with Crippen LogP contribution in [0.25, 0.3) is 0 Å². The Morgan fingerprint density at radius 3 is 2.61 bits per heavy atom. The Balaban J connectivity index is 2.13. The van der Waals surface area contributed by atoms with Crippen molar-refractivity contribution in [1.29, 1.82) is 0 Å². The monoisotopic (exact) mass is 255 g/mol. The van der Waals surface area contributed by atoms with Crippen LogP contribution in [-0.4, -0.2) is 46.1 Å². The molecule has 0 aromatic carbocycles. The highest BCUT2D eigenvalue weighted by atomic mass is 16.4. The molecule has 98 valence electrons. The minimum absolute atomic E-state index is 0.204. The Morgan fingerprint density at radius 1 is 1.22 bits per heavy atom. The molecule has 0 spiro atoms. The van der Waals surface area contributed by atoms with Gasteiger partial charge in [-0.05, 0) is 0 Å². The van der Waals surface area contributed by atoms with Crippen molar-refractivity contribution in [1.82, 2.24) is 25.9 Å². The van der Waals surface area contributed by atoms with Crippen LogP contribution in [0.4, 0.5) is 4.79 Å². The van der Waals surface area contributed by atoms with Crippen LogP contribution < -0.4 is 16.0 Å². The van der Waals surface area contributed by atoms with Crippen molar-refractivity contribution in [3.8, 4) is 0 Å². The summed E-state index contributed by atoms with van der Waals surface area (Å²) in [7, 11) is 0. The highest BCUT2D eigenvalue weighted by Gasteiger charge is 2.06. The van der Waals surface area contributed by atoms with Gasteiger partial charge in [0.05, 0.1) is 13.1 Å². The summed E-state index contributed by atoms with van der Waals surface area (Å²) in [6.45, 7) is -0.568. The Labute approximate surface area is 102 Å². The van der Waals surface area contributed by atoms with Crippen molar-refractivity contribution >= 4 is 17.9 Å². The third kappa shape index (κ3) is 5.49. The quantitative estimate of drug-likeness (QED) is 0.417. The number of aromatic nitrogens is 2. The second-order valence-corrected chi connectivity index (χ2v) is 3.24. The number of carboxylic acids is 1. The fourth-order valence-electron chi connectivity index (χ4n) is 1.02. The maximum atomic E-state index is 11.2.